The quantitative estimate of drug-likeness (QED) is 0.571. The van der Waals surface area contributed by atoms with E-state index in [1.54, 1.807) is 0 Å². The molecular weight excluding hydrogens is 256 g/mol. The lowest BCUT2D eigenvalue weighted by Crippen LogP contribution is -2.15. The summed E-state index contributed by atoms with van der Waals surface area (Å²) in [6.45, 7) is 0. The van der Waals surface area contributed by atoms with Crippen LogP contribution in [0.3, 0.4) is 0 Å². The van der Waals surface area contributed by atoms with Gasteiger partial charge in [-0.2, -0.15) is 4.98 Å². The standard InChI is InChI=1S/C13H12N6O/c14-11(20)8-6-17-13(15)19-12(8)18-10-3-1-2-9-7(10)4-5-16-9/h1-6,16H,(H2,14,20)(H3,15,17,18,19). The summed E-state index contributed by atoms with van der Waals surface area (Å²) in [5.74, 6) is -0.258. The average molecular weight is 268 g/mol. The maximum absolute atomic E-state index is 11.4. The molecule has 6 N–H and O–H groups in total. The number of aromatic amines is 1. The number of primary amides is 1. The number of fused-ring (bicyclic) bond motifs is 1. The van der Waals surface area contributed by atoms with E-state index in [9.17, 15) is 4.79 Å². The minimum Gasteiger partial charge on any atom is -0.368 e. The third-order valence-corrected chi connectivity index (χ3v) is 2.92. The molecule has 1 amide bonds. The van der Waals surface area contributed by atoms with Gasteiger partial charge < -0.3 is 21.8 Å². The molecule has 100 valence electrons. The number of anilines is 3. The molecule has 0 unspecified atom stereocenters. The zero-order chi connectivity index (χ0) is 14.1. The van der Waals surface area contributed by atoms with Gasteiger partial charge in [-0.15, -0.1) is 0 Å². The minimum absolute atomic E-state index is 0.0683. The minimum atomic E-state index is -0.617. The number of carbonyl (C=O) groups is 1. The summed E-state index contributed by atoms with van der Waals surface area (Å²) in [6, 6.07) is 7.63. The lowest BCUT2D eigenvalue weighted by molar-refractivity contribution is 0.100. The predicted octanol–water partition coefficient (Wildman–Crippen LogP) is 1.38. The molecule has 3 rings (SSSR count). The molecule has 0 fully saturated rings. The molecule has 0 aliphatic carbocycles. The van der Waals surface area contributed by atoms with Crippen LogP contribution in [0.5, 0.6) is 0 Å². The first-order valence-electron chi connectivity index (χ1n) is 5.90. The van der Waals surface area contributed by atoms with E-state index in [0.29, 0.717) is 5.82 Å². The fraction of sp³-hybridized carbons (Fsp3) is 0. The summed E-state index contributed by atoms with van der Waals surface area (Å²) in [7, 11) is 0. The van der Waals surface area contributed by atoms with Crippen molar-refractivity contribution >= 4 is 34.3 Å². The van der Waals surface area contributed by atoms with Gasteiger partial charge in [-0.3, -0.25) is 4.79 Å². The highest BCUT2D eigenvalue weighted by molar-refractivity contribution is 6.00. The SMILES string of the molecule is NC(=O)c1cnc(N)nc1Nc1cccc2[nH]ccc12. The van der Waals surface area contributed by atoms with Crippen molar-refractivity contribution in [2.24, 2.45) is 5.73 Å². The van der Waals surface area contributed by atoms with Crippen molar-refractivity contribution in [1.29, 1.82) is 0 Å². The van der Waals surface area contributed by atoms with Crippen molar-refractivity contribution in [2.45, 2.75) is 0 Å². The number of nitrogens with two attached hydrogens (primary N) is 2. The summed E-state index contributed by atoms with van der Waals surface area (Å²) >= 11 is 0. The normalized spacial score (nSPS) is 10.6. The van der Waals surface area contributed by atoms with E-state index in [4.69, 9.17) is 11.5 Å². The zero-order valence-electron chi connectivity index (χ0n) is 10.4. The lowest BCUT2D eigenvalue weighted by Gasteiger charge is -2.10. The third-order valence-electron chi connectivity index (χ3n) is 2.92. The van der Waals surface area contributed by atoms with Gasteiger partial charge in [0, 0.05) is 29.0 Å². The largest absolute Gasteiger partial charge is 0.368 e. The molecule has 20 heavy (non-hydrogen) atoms. The van der Waals surface area contributed by atoms with Crippen LogP contribution in [0.15, 0.2) is 36.7 Å². The van der Waals surface area contributed by atoms with Gasteiger partial charge in [-0.25, -0.2) is 4.98 Å². The summed E-state index contributed by atoms with van der Waals surface area (Å²) in [6.07, 6.45) is 3.14. The molecule has 0 saturated carbocycles. The van der Waals surface area contributed by atoms with E-state index in [1.807, 2.05) is 30.5 Å². The first-order valence-corrected chi connectivity index (χ1v) is 5.90. The van der Waals surface area contributed by atoms with Gasteiger partial charge in [0.1, 0.15) is 11.4 Å². The Morgan fingerprint density at radius 2 is 2.15 bits per heavy atom. The van der Waals surface area contributed by atoms with Crippen LogP contribution in [-0.2, 0) is 0 Å². The number of carbonyl (C=O) groups excluding carboxylic acids is 1. The van der Waals surface area contributed by atoms with E-state index >= 15 is 0 Å². The number of hydrogen-bond donors (Lipinski definition) is 4. The van der Waals surface area contributed by atoms with E-state index in [-0.39, 0.29) is 11.5 Å². The number of hydrogen-bond acceptors (Lipinski definition) is 5. The lowest BCUT2D eigenvalue weighted by atomic mass is 10.2. The zero-order valence-corrected chi connectivity index (χ0v) is 10.4. The fourth-order valence-corrected chi connectivity index (χ4v) is 1.99. The molecule has 3 aromatic rings. The van der Waals surface area contributed by atoms with Gasteiger partial charge in [0.05, 0.1) is 0 Å². The second-order valence-electron chi connectivity index (χ2n) is 4.22. The van der Waals surface area contributed by atoms with Crippen molar-refractivity contribution in [3.8, 4) is 0 Å². The maximum atomic E-state index is 11.4. The van der Waals surface area contributed by atoms with E-state index in [2.05, 4.69) is 20.3 Å². The number of nitrogens with zero attached hydrogens (tertiary/aromatic N) is 2. The van der Waals surface area contributed by atoms with E-state index in [0.717, 1.165) is 16.6 Å². The van der Waals surface area contributed by atoms with Crippen LogP contribution < -0.4 is 16.8 Å². The Bertz CT molecular complexity index is 794. The summed E-state index contributed by atoms with van der Waals surface area (Å²) in [5, 5.41) is 4.04. The van der Waals surface area contributed by atoms with Crippen LogP contribution in [0.2, 0.25) is 0 Å². The molecule has 2 aromatic heterocycles. The average Bonchev–Trinajstić information content (AvgIpc) is 2.88. The van der Waals surface area contributed by atoms with Crippen LogP contribution in [0.4, 0.5) is 17.5 Å². The van der Waals surface area contributed by atoms with Crippen molar-refractivity contribution in [2.75, 3.05) is 11.1 Å². The number of nitrogens with one attached hydrogen (secondary N) is 2. The van der Waals surface area contributed by atoms with Crippen molar-refractivity contribution in [3.05, 3.63) is 42.2 Å². The Balaban J connectivity index is 2.09. The Labute approximate surface area is 114 Å². The summed E-state index contributed by atoms with van der Waals surface area (Å²) in [5.41, 5.74) is 12.8. The summed E-state index contributed by atoms with van der Waals surface area (Å²) in [4.78, 5) is 22.3. The molecule has 1 aromatic carbocycles. The van der Waals surface area contributed by atoms with Gasteiger partial charge in [0.15, 0.2) is 0 Å². The molecular formula is C13H12N6O. The molecule has 7 nitrogen and oxygen atoms in total. The third kappa shape index (κ3) is 2.01. The van der Waals surface area contributed by atoms with Crippen LogP contribution in [0.25, 0.3) is 10.9 Å². The maximum Gasteiger partial charge on any atom is 0.254 e. The second kappa shape index (κ2) is 4.54. The first-order chi connectivity index (χ1) is 9.65. The van der Waals surface area contributed by atoms with Crippen molar-refractivity contribution in [3.63, 3.8) is 0 Å². The van der Waals surface area contributed by atoms with Crippen LogP contribution in [0, 0.1) is 0 Å². The second-order valence-corrected chi connectivity index (χ2v) is 4.22. The monoisotopic (exact) mass is 268 g/mol. The van der Waals surface area contributed by atoms with E-state index in [1.165, 1.54) is 6.20 Å². The molecule has 7 heteroatoms. The highest BCUT2D eigenvalue weighted by Crippen LogP contribution is 2.26. The highest BCUT2D eigenvalue weighted by Gasteiger charge is 2.12. The van der Waals surface area contributed by atoms with Gasteiger partial charge in [0.25, 0.3) is 5.91 Å². The number of nitrogen functional groups attached to an aromatic ring is 1. The molecule has 0 radical (unpaired) electrons. The Kier molecular flexibility index (Phi) is 2.72. The smallest absolute Gasteiger partial charge is 0.254 e. The van der Waals surface area contributed by atoms with Gasteiger partial charge in [-0.1, -0.05) is 6.07 Å². The molecule has 0 bridgehead atoms. The van der Waals surface area contributed by atoms with Gasteiger partial charge >= 0.3 is 0 Å². The van der Waals surface area contributed by atoms with E-state index < -0.39 is 5.91 Å². The summed E-state index contributed by atoms with van der Waals surface area (Å²) < 4.78 is 0. The molecule has 0 saturated heterocycles. The van der Waals surface area contributed by atoms with Crippen LogP contribution >= 0.6 is 0 Å². The number of amides is 1. The number of benzene rings is 1. The number of aromatic nitrogens is 3. The number of H-pyrrole nitrogens is 1. The molecule has 2 heterocycles. The number of rotatable bonds is 3. The Morgan fingerprint density at radius 1 is 1.30 bits per heavy atom. The van der Waals surface area contributed by atoms with Crippen molar-refractivity contribution < 1.29 is 4.79 Å². The molecule has 0 aliphatic rings. The predicted molar refractivity (Wildman–Crippen MR) is 76.5 cm³/mol. The Hall–Kier alpha value is -3.09. The van der Waals surface area contributed by atoms with Crippen LogP contribution in [0.1, 0.15) is 10.4 Å². The first kappa shape index (κ1) is 12.0. The molecule has 0 spiro atoms. The molecule has 0 atom stereocenters. The van der Waals surface area contributed by atoms with Gasteiger partial charge in [0.2, 0.25) is 5.95 Å². The molecule has 0 aliphatic heterocycles. The Morgan fingerprint density at radius 3 is 2.95 bits per heavy atom. The topological polar surface area (TPSA) is 123 Å². The van der Waals surface area contributed by atoms with Gasteiger partial charge in [-0.05, 0) is 18.2 Å². The fourth-order valence-electron chi connectivity index (χ4n) is 1.99. The van der Waals surface area contributed by atoms with Crippen molar-refractivity contribution in [1.82, 2.24) is 15.0 Å². The highest BCUT2D eigenvalue weighted by atomic mass is 16.1. The van der Waals surface area contributed by atoms with Crippen LogP contribution in [-0.4, -0.2) is 20.9 Å².